The first-order chi connectivity index (χ1) is 17.9. The van der Waals surface area contributed by atoms with Gasteiger partial charge in [0.2, 0.25) is 21.8 Å². The molecule has 0 radical (unpaired) electrons. The number of carbonyl (C=O) groups excluding carboxylic acids is 2. The standard InChI is InChI=1S/C28H31Cl2N3O4S/c1-19-10-13-25(20(2)14-19)33(38(4,36)37)18-27(34)32(17-22-11-12-23(29)16-24(22)30)26(28(35)31-3)15-21-8-6-5-7-9-21/h5-14,16,26H,15,17-18H2,1-4H3,(H,31,35)/t26-/m1/s1. The van der Waals surface area contributed by atoms with Crippen molar-refractivity contribution in [2.75, 3.05) is 24.2 Å². The monoisotopic (exact) mass is 575 g/mol. The van der Waals surface area contributed by atoms with E-state index in [0.29, 0.717) is 26.9 Å². The first-order valence-electron chi connectivity index (χ1n) is 11.9. The summed E-state index contributed by atoms with van der Waals surface area (Å²) in [7, 11) is -2.34. The third-order valence-electron chi connectivity index (χ3n) is 6.17. The van der Waals surface area contributed by atoms with E-state index in [2.05, 4.69) is 5.32 Å². The average Bonchev–Trinajstić information content (AvgIpc) is 2.85. The molecule has 0 saturated heterocycles. The maximum Gasteiger partial charge on any atom is 0.244 e. The normalized spacial score (nSPS) is 12.1. The lowest BCUT2D eigenvalue weighted by Crippen LogP contribution is -2.53. The summed E-state index contributed by atoms with van der Waals surface area (Å²) in [6.45, 7) is 3.18. The molecule has 3 aromatic carbocycles. The summed E-state index contributed by atoms with van der Waals surface area (Å²) in [4.78, 5) is 28.5. The third kappa shape index (κ3) is 7.49. The maximum absolute atomic E-state index is 14.0. The predicted molar refractivity (Wildman–Crippen MR) is 153 cm³/mol. The third-order valence-corrected chi connectivity index (χ3v) is 7.89. The van der Waals surface area contributed by atoms with E-state index in [1.54, 1.807) is 37.3 Å². The van der Waals surface area contributed by atoms with E-state index in [1.807, 2.05) is 43.3 Å². The second-order valence-electron chi connectivity index (χ2n) is 9.14. The van der Waals surface area contributed by atoms with Crippen LogP contribution in [0.15, 0.2) is 66.7 Å². The molecule has 1 atom stereocenters. The smallest absolute Gasteiger partial charge is 0.244 e. The molecule has 1 N–H and O–H groups in total. The van der Waals surface area contributed by atoms with E-state index in [-0.39, 0.29) is 18.9 Å². The Hall–Kier alpha value is -3.07. The highest BCUT2D eigenvalue weighted by atomic mass is 35.5. The molecule has 7 nitrogen and oxygen atoms in total. The number of hydrogen-bond donors (Lipinski definition) is 1. The van der Waals surface area contributed by atoms with Crippen LogP contribution in [0.25, 0.3) is 0 Å². The van der Waals surface area contributed by atoms with Crippen LogP contribution in [0.4, 0.5) is 5.69 Å². The van der Waals surface area contributed by atoms with Gasteiger partial charge in [-0.3, -0.25) is 13.9 Å². The number of anilines is 1. The summed E-state index contributed by atoms with van der Waals surface area (Å²) >= 11 is 12.5. The molecule has 0 bridgehead atoms. The van der Waals surface area contributed by atoms with Gasteiger partial charge in [0.15, 0.2) is 0 Å². The lowest BCUT2D eigenvalue weighted by atomic mass is 10.0. The highest BCUT2D eigenvalue weighted by molar-refractivity contribution is 7.92. The minimum absolute atomic E-state index is 0.0236. The van der Waals surface area contributed by atoms with Crippen LogP contribution in [0, 0.1) is 13.8 Å². The number of halogens is 2. The molecule has 0 fully saturated rings. The van der Waals surface area contributed by atoms with Crippen LogP contribution >= 0.6 is 23.2 Å². The van der Waals surface area contributed by atoms with Gasteiger partial charge in [0.25, 0.3) is 0 Å². The lowest BCUT2D eigenvalue weighted by Gasteiger charge is -2.33. The van der Waals surface area contributed by atoms with E-state index < -0.39 is 28.5 Å². The summed E-state index contributed by atoms with van der Waals surface area (Å²) in [5, 5.41) is 3.41. The fraction of sp³-hybridized carbons (Fsp3) is 0.286. The lowest BCUT2D eigenvalue weighted by molar-refractivity contribution is -0.139. The molecule has 3 rings (SSSR count). The van der Waals surface area contributed by atoms with Gasteiger partial charge in [-0.2, -0.15) is 0 Å². The summed E-state index contributed by atoms with van der Waals surface area (Å²) in [5.74, 6) is -0.935. The number of likely N-dealkylation sites (N-methyl/N-ethyl adjacent to an activating group) is 1. The molecule has 2 amide bonds. The van der Waals surface area contributed by atoms with Gasteiger partial charge in [-0.05, 0) is 48.7 Å². The zero-order valence-electron chi connectivity index (χ0n) is 21.7. The Kier molecular flexibility index (Phi) is 9.82. The Morgan fingerprint density at radius 2 is 1.66 bits per heavy atom. The molecule has 0 aliphatic heterocycles. The minimum Gasteiger partial charge on any atom is -0.357 e. The first-order valence-corrected chi connectivity index (χ1v) is 14.5. The molecule has 0 unspecified atom stereocenters. The fourth-order valence-corrected chi connectivity index (χ4v) is 5.61. The molecule has 202 valence electrons. The van der Waals surface area contributed by atoms with Gasteiger partial charge in [0.1, 0.15) is 12.6 Å². The van der Waals surface area contributed by atoms with Crippen LogP contribution in [-0.4, -0.2) is 51.0 Å². The van der Waals surface area contributed by atoms with E-state index in [0.717, 1.165) is 21.7 Å². The summed E-state index contributed by atoms with van der Waals surface area (Å²) in [6, 6.07) is 18.6. The molecule has 10 heteroatoms. The molecular weight excluding hydrogens is 545 g/mol. The summed E-state index contributed by atoms with van der Waals surface area (Å²) in [5.41, 5.74) is 3.49. The Morgan fingerprint density at radius 3 is 2.24 bits per heavy atom. The largest absolute Gasteiger partial charge is 0.357 e. The Morgan fingerprint density at radius 1 is 0.974 bits per heavy atom. The minimum atomic E-state index is -3.84. The van der Waals surface area contributed by atoms with E-state index in [9.17, 15) is 18.0 Å². The second kappa shape index (κ2) is 12.7. The zero-order chi connectivity index (χ0) is 28.0. The van der Waals surface area contributed by atoms with Crippen LogP contribution in [0.5, 0.6) is 0 Å². The first kappa shape index (κ1) is 29.5. The molecule has 0 aliphatic carbocycles. The van der Waals surface area contributed by atoms with E-state index in [4.69, 9.17) is 23.2 Å². The van der Waals surface area contributed by atoms with Gasteiger partial charge in [-0.1, -0.05) is 77.3 Å². The van der Waals surface area contributed by atoms with Crippen molar-refractivity contribution < 1.29 is 18.0 Å². The average molecular weight is 577 g/mol. The van der Waals surface area contributed by atoms with Gasteiger partial charge in [0.05, 0.1) is 11.9 Å². The number of sulfonamides is 1. The van der Waals surface area contributed by atoms with Crippen LogP contribution in [0.1, 0.15) is 22.3 Å². The van der Waals surface area contributed by atoms with Crippen molar-refractivity contribution >= 4 is 50.7 Å². The number of hydrogen-bond acceptors (Lipinski definition) is 4. The number of benzene rings is 3. The van der Waals surface area contributed by atoms with E-state index in [1.165, 1.54) is 11.9 Å². The van der Waals surface area contributed by atoms with Crippen molar-refractivity contribution in [3.63, 3.8) is 0 Å². The van der Waals surface area contributed by atoms with Crippen LogP contribution in [0.3, 0.4) is 0 Å². The number of amides is 2. The molecule has 0 spiro atoms. The van der Waals surface area contributed by atoms with Crippen molar-refractivity contribution in [2.45, 2.75) is 32.9 Å². The number of carbonyl (C=O) groups is 2. The SMILES string of the molecule is CNC(=O)[C@@H](Cc1ccccc1)N(Cc1ccc(Cl)cc1Cl)C(=O)CN(c1ccc(C)cc1C)S(C)(=O)=O. The van der Waals surface area contributed by atoms with Crippen molar-refractivity contribution in [3.05, 3.63) is 99.0 Å². The highest BCUT2D eigenvalue weighted by Crippen LogP contribution is 2.26. The number of nitrogens with one attached hydrogen (secondary N) is 1. The zero-order valence-corrected chi connectivity index (χ0v) is 24.1. The molecule has 0 heterocycles. The van der Waals surface area contributed by atoms with Gasteiger partial charge < -0.3 is 10.2 Å². The molecule has 0 aromatic heterocycles. The Bertz CT molecular complexity index is 1410. The summed E-state index contributed by atoms with van der Waals surface area (Å²) in [6.07, 6.45) is 1.28. The molecule has 0 aliphatic rings. The molecule has 3 aromatic rings. The Labute approximate surface area is 234 Å². The topological polar surface area (TPSA) is 86.8 Å². The van der Waals surface area contributed by atoms with Gasteiger partial charge in [-0.15, -0.1) is 0 Å². The van der Waals surface area contributed by atoms with Crippen molar-refractivity contribution in [3.8, 4) is 0 Å². The molecule has 38 heavy (non-hydrogen) atoms. The van der Waals surface area contributed by atoms with Crippen molar-refractivity contribution in [1.82, 2.24) is 10.2 Å². The molecular formula is C28H31Cl2N3O4S. The fourth-order valence-electron chi connectivity index (χ4n) is 4.23. The Balaban J connectivity index is 2.07. The van der Waals surface area contributed by atoms with Crippen LogP contribution in [-0.2, 0) is 32.6 Å². The van der Waals surface area contributed by atoms with Gasteiger partial charge in [-0.25, -0.2) is 8.42 Å². The van der Waals surface area contributed by atoms with Crippen molar-refractivity contribution in [2.24, 2.45) is 0 Å². The van der Waals surface area contributed by atoms with Gasteiger partial charge in [0, 0.05) is 30.1 Å². The van der Waals surface area contributed by atoms with Crippen molar-refractivity contribution in [1.29, 1.82) is 0 Å². The van der Waals surface area contributed by atoms with Gasteiger partial charge >= 0.3 is 0 Å². The maximum atomic E-state index is 14.0. The second-order valence-corrected chi connectivity index (χ2v) is 11.9. The summed E-state index contributed by atoms with van der Waals surface area (Å²) < 4.78 is 26.8. The molecule has 0 saturated carbocycles. The quantitative estimate of drug-likeness (QED) is 0.377. The number of aryl methyl sites for hydroxylation is 2. The van der Waals surface area contributed by atoms with Crippen LogP contribution < -0.4 is 9.62 Å². The number of nitrogens with zero attached hydrogens (tertiary/aromatic N) is 2. The van der Waals surface area contributed by atoms with Crippen LogP contribution in [0.2, 0.25) is 10.0 Å². The highest BCUT2D eigenvalue weighted by Gasteiger charge is 2.33. The van der Waals surface area contributed by atoms with E-state index >= 15 is 0 Å². The predicted octanol–water partition coefficient (Wildman–Crippen LogP) is 4.76. The number of rotatable bonds is 10.